The van der Waals surface area contributed by atoms with Crippen molar-refractivity contribution in [2.45, 2.75) is 43.7 Å². The summed E-state index contributed by atoms with van der Waals surface area (Å²) in [5, 5.41) is 0. The van der Waals surface area contributed by atoms with Crippen molar-refractivity contribution in [1.29, 1.82) is 0 Å². The lowest BCUT2D eigenvalue weighted by molar-refractivity contribution is -0.165. The molecule has 0 amide bonds. The Morgan fingerprint density at radius 3 is 2.39 bits per heavy atom. The SMILES string of the molecule is CS(=O)(=O)CCOC12CC3CC(C1)C(N)C(C3)C2. The number of hydrogen-bond acceptors (Lipinski definition) is 4. The minimum Gasteiger partial charge on any atom is -0.374 e. The lowest BCUT2D eigenvalue weighted by atomic mass is 9.52. The highest BCUT2D eigenvalue weighted by atomic mass is 32.2. The molecule has 4 aliphatic rings. The molecule has 2 unspecified atom stereocenters. The van der Waals surface area contributed by atoms with Gasteiger partial charge in [0.15, 0.2) is 0 Å². The van der Waals surface area contributed by atoms with Gasteiger partial charge in [-0.3, -0.25) is 0 Å². The molecule has 104 valence electrons. The van der Waals surface area contributed by atoms with E-state index in [-0.39, 0.29) is 11.4 Å². The van der Waals surface area contributed by atoms with Crippen molar-refractivity contribution in [3.63, 3.8) is 0 Å². The topological polar surface area (TPSA) is 69.4 Å². The van der Waals surface area contributed by atoms with Gasteiger partial charge in [0.25, 0.3) is 0 Å². The van der Waals surface area contributed by atoms with Gasteiger partial charge in [-0.25, -0.2) is 8.42 Å². The Kier molecular flexibility index (Phi) is 2.99. The zero-order valence-corrected chi connectivity index (χ0v) is 11.8. The van der Waals surface area contributed by atoms with Gasteiger partial charge in [0, 0.05) is 12.3 Å². The maximum atomic E-state index is 11.2. The number of ether oxygens (including phenoxy) is 1. The van der Waals surface area contributed by atoms with Crippen LogP contribution in [0.1, 0.15) is 32.1 Å². The summed E-state index contributed by atoms with van der Waals surface area (Å²) in [5.74, 6) is 2.12. The number of nitrogens with two attached hydrogens (primary N) is 1. The first-order valence-corrected chi connectivity index (χ1v) is 9.00. The molecule has 4 fully saturated rings. The highest BCUT2D eigenvalue weighted by Gasteiger charge is 2.55. The summed E-state index contributed by atoms with van der Waals surface area (Å²) in [4.78, 5) is 0. The molecule has 0 spiro atoms. The molecule has 4 nitrogen and oxygen atoms in total. The van der Waals surface area contributed by atoms with Crippen LogP contribution in [0.25, 0.3) is 0 Å². The Morgan fingerprint density at radius 1 is 1.22 bits per heavy atom. The molecule has 5 heteroatoms. The Hall–Kier alpha value is -0.130. The van der Waals surface area contributed by atoms with E-state index in [1.807, 2.05) is 0 Å². The van der Waals surface area contributed by atoms with Gasteiger partial charge in [-0.05, 0) is 49.9 Å². The molecule has 0 heterocycles. The molecule has 0 aromatic rings. The van der Waals surface area contributed by atoms with Gasteiger partial charge in [-0.1, -0.05) is 0 Å². The zero-order chi connectivity index (χ0) is 13.0. The molecule has 0 aliphatic heterocycles. The van der Waals surface area contributed by atoms with Crippen LogP contribution < -0.4 is 5.73 Å². The van der Waals surface area contributed by atoms with Crippen LogP contribution >= 0.6 is 0 Å². The normalized spacial score (nSPS) is 46.6. The molecule has 4 rings (SSSR count). The Morgan fingerprint density at radius 2 is 1.83 bits per heavy atom. The second-order valence-corrected chi connectivity index (χ2v) is 8.97. The van der Waals surface area contributed by atoms with Crippen LogP contribution in [0.5, 0.6) is 0 Å². The van der Waals surface area contributed by atoms with E-state index in [2.05, 4.69) is 0 Å². The minimum absolute atomic E-state index is 0.0446. The standard InChI is InChI=1S/C13H23NO3S/c1-18(15,16)3-2-17-13-6-9-4-10(7-13)12(14)11(5-9)8-13/h9-12H,2-8,14H2,1H3. The highest BCUT2D eigenvalue weighted by molar-refractivity contribution is 7.90. The van der Waals surface area contributed by atoms with Crippen molar-refractivity contribution in [2.24, 2.45) is 23.5 Å². The van der Waals surface area contributed by atoms with Crippen LogP contribution in [0.3, 0.4) is 0 Å². The van der Waals surface area contributed by atoms with Gasteiger partial charge < -0.3 is 10.5 Å². The third-order valence-electron chi connectivity index (χ3n) is 5.15. The summed E-state index contributed by atoms with van der Waals surface area (Å²) in [7, 11) is -2.92. The minimum atomic E-state index is -2.92. The van der Waals surface area contributed by atoms with E-state index in [0.29, 0.717) is 24.5 Å². The number of hydrogen-bond donors (Lipinski definition) is 1. The Bertz CT molecular complexity index is 418. The third-order valence-corrected chi connectivity index (χ3v) is 6.06. The van der Waals surface area contributed by atoms with E-state index < -0.39 is 9.84 Å². The van der Waals surface area contributed by atoms with E-state index in [1.54, 1.807) is 0 Å². The molecule has 0 aromatic heterocycles. The second kappa shape index (κ2) is 4.18. The van der Waals surface area contributed by atoms with E-state index >= 15 is 0 Å². The van der Waals surface area contributed by atoms with Crippen LogP contribution in [0.2, 0.25) is 0 Å². The summed E-state index contributed by atoms with van der Waals surface area (Å²) < 4.78 is 28.4. The van der Waals surface area contributed by atoms with Crippen LogP contribution in [0.15, 0.2) is 0 Å². The molecule has 0 aromatic carbocycles. The second-order valence-electron chi connectivity index (χ2n) is 6.71. The van der Waals surface area contributed by atoms with Crippen molar-refractivity contribution in [2.75, 3.05) is 18.6 Å². The summed E-state index contributed by atoms with van der Waals surface area (Å²) >= 11 is 0. The Labute approximate surface area is 109 Å². The van der Waals surface area contributed by atoms with Crippen LogP contribution in [0, 0.1) is 17.8 Å². The molecule has 2 atom stereocenters. The fourth-order valence-corrected chi connectivity index (χ4v) is 4.96. The molecule has 18 heavy (non-hydrogen) atoms. The third kappa shape index (κ3) is 2.32. The lowest BCUT2D eigenvalue weighted by Gasteiger charge is -2.58. The van der Waals surface area contributed by atoms with Gasteiger partial charge in [-0.2, -0.15) is 0 Å². The fourth-order valence-electron chi connectivity index (χ4n) is 4.58. The molecule has 2 N–H and O–H groups in total. The summed E-state index contributed by atoms with van der Waals surface area (Å²) in [6.07, 6.45) is 7.00. The molecule has 0 saturated heterocycles. The van der Waals surface area contributed by atoms with Crippen molar-refractivity contribution < 1.29 is 13.2 Å². The first-order chi connectivity index (χ1) is 8.37. The first kappa shape index (κ1) is 12.9. The fraction of sp³-hybridized carbons (Fsp3) is 1.00. The zero-order valence-electron chi connectivity index (χ0n) is 11.0. The molecular formula is C13H23NO3S. The lowest BCUT2D eigenvalue weighted by Crippen LogP contribution is -2.60. The quantitative estimate of drug-likeness (QED) is 0.828. The summed E-state index contributed by atoms with van der Waals surface area (Å²) in [6, 6.07) is 0.355. The largest absolute Gasteiger partial charge is 0.374 e. The van der Waals surface area contributed by atoms with Gasteiger partial charge in [0.1, 0.15) is 9.84 Å². The highest BCUT2D eigenvalue weighted by Crippen LogP contribution is 2.56. The summed E-state index contributed by atoms with van der Waals surface area (Å²) in [5.41, 5.74) is 6.23. The van der Waals surface area contributed by atoms with E-state index in [0.717, 1.165) is 25.2 Å². The van der Waals surface area contributed by atoms with E-state index in [4.69, 9.17) is 10.5 Å². The predicted molar refractivity (Wildman–Crippen MR) is 69.9 cm³/mol. The summed E-state index contributed by atoms with van der Waals surface area (Å²) in [6.45, 7) is 0.347. The van der Waals surface area contributed by atoms with E-state index in [1.165, 1.54) is 19.1 Å². The Balaban J connectivity index is 1.65. The first-order valence-electron chi connectivity index (χ1n) is 6.94. The molecule has 0 radical (unpaired) electrons. The number of sulfone groups is 1. The van der Waals surface area contributed by atoms with Crippen molar-refractivity contribution >= 4 is 9.84 Å². The van der Waals surface area contributed by atoms with Crippen LogP contribution in [0.4, 0.5) is 0 Å². The maximum absolute atomic E-state index is 11.2. The molecular weight excluding hydrogens is 250 g/mol. The van der Waals surface area contributed by atoms with Gasteiger partial charge in [0.2, 0.25) is 0 Å². The maximum Gasteiger partial charge on any atom is 0.149 e. The van der Waals surface area contributed by atoms with Crippen LogP contribution in [-0.4, -0.2) is 38.7 Å². The molecule has 4 bridgehead atoms. The van der Waals surface area contributed by atoms with Gasteiger partial charge in [0.05, 0.1) is 18.0 Å². The van der Waals surface area contributed by atoms with Crippen LogP contribution in [-0.2, 0) is 14.6 Å². The molecule has 4 saturated carbocycles. The number of rotatable bonds is 4. The van der Waals surface area contributed by atoms with Crippen molar-refractivity contribution in [3.05, 3.63) is 0 Å². The average Bonchev–Trinajstić information content (AvgIpc) is 2.22. The monoisotopic (exact) mass is 273 g/mol. The molecule has 4 aliphatic carbocycles. The smallest absolute Gasteiger partial charge is 0.149 e. The van der Waals surface area contributed by atoms with Gasteiger partial charge >= 0.3 is 0 Å². The van der Waals surface area contributed by atoms with Crippen molar-refractivity contribution in [1.82, 2.24) is 0 Å². The van der Waals surface area contributed by atoms with Gasteiger partial charge in [-0.15, -0.1) is 0 Å². The predicted octanol–water partition coefficient (Wildman–Crippen LogP) is 0.954. The van der Waals surface area contributed by atoms with E-state index in [9.17, 15) is 8.42 Å². The average molecular weight is 273 g/mol. The van der Waals surface area contributed by atoms with Crippen molar-refractivity contribution in [3.8, 4) is 0 Å².